The number of hydrogen-bond donors (Lipinski definition) is 1. The summed E-state index contributed by atoms with van der Waals surface area (Å²) in [6.07, 6.45) is 5.07. The van der Waals surface area contributed by atoms with Gasteiger partial charge in [-0.1, -0.05) is 30.2 Å². The van der Waals surface area contributed by atoms with Crippen molar-refractivity contribution in [3.8, 4) is 0 Å². The number of thioether (sulfide) groups is 1. The van der Waals surface area contributed by atoms with E-state index < -0.39 is 0 Å². The van der Waals surface area contributed by atoms with Gasteiger partial charge in [-0.05, 0) is 56.6 Å². The number of carbonyl (C=O) groups excluding carboxylic acids is 1. The molecule has 2 rings (SSSR count). The fraction of sp³-hybridized carbons (Fsp3) is 0.588. The van der Waals surface area contributed by atoms with Crippen LogP contribution < -0.4 is 5.32 Å². The molecule has 0 spiro atoms. The van der Waals surface area contributed by atoms with E-state index in [4.69, 9.17) is 11.6 Å². The third-order valence-corrected chi connectivity index (χ3v) is 5.05. The zero-order valence-corrected chi connectivity index (χ0v) is 14.6. The summed E-state index contributed by atoms with van der Waals surface area (Å²) in [5, 5.41) is 3.76. The molecule has 0 unspecified atom stereocenters. The van der Waals surface area contributed by atoms with Crippen molar-refractivity contribution in [1.82, 2.24) is 10.2 Å². The maximum Gasteiger partial charge on any atom is 0.230 e. The molecular formula is C17H25ClN2OS. The summed E-state index contributed by atoms with van der Waals surface area (Å²) in [5.74, 6) is 1.46. The summed E-state index contributed by atoms with van der Waals surface area (Å²) in [6, 6.07) is 7.80. The molecule has 1 heterocycles. The smallest absolute Gasteiger partial charge is 0.230 e. The van der Waals surface area contributed by atoms with Crippen LogP contribution in [0.1, 0.15) is 31.2 Å². The highest BCUT2D eigenvalue weighted by atomic mass is 35.5. The summed E-state index contributed by atoms with van der Waals surface area (Å²) in [4.78, 5) is 14.3. The quantitative estimate of drug-likeness (QED) is 0.734. The fourth-order valence-corrected chi connectivity index (χ4v) is 3.67. The van der Waals surface area contributed by atoms with Crippen molar-refractivity contribution in [1.29, 1.82) is 0 Å². The highest BCUT2D eigenvalue weighted by molar-refractivity contribution is 7.99. The highest BCUT2D eigenvalue weighted by Gasteiger charge is 2.09. The number of hydrogen-bond acceptors (Lipinski definition) is 3. The Bertz CT molecular complexity index is 464. The summed E-state index contributed by atoms with van der Waals surface area (Å²) in [6.45, 7) is 4.34. The van der Waals surface area contributed by atoms with Gasteiger partial charge in [-0.25, -0.2) is 0 Å². The van der Waals surface area contributed by atoms with E-state index in [0.717, 1.165) is 35.8 Å². The Kier molecular flexibility index (Phi) is 8.13. The summed E-state index contributed by atoms with van der Waals surface area (Å²) < 4.78 is 0. The first kappa shape index (κ1) is 17.6. The van der Waals surface area contributed by atoms with Gasteiger partial charge < -0.3 is 10.2 Å². The standard InChI is InChI=1S/C17H25ClN2OS/c18-16-7-4-6-15(12-16)13-22-14-17(21)19-8-5-11-20-9-2-1-3-10-20/h4,6-7,12H,1-3,5,8-11,13-14H2,(H,19,21). The van der Waals surface area contributed by atoms with Gasteiger partial charge in [-0.3, -0.25) is 4.79 Å². The minimum atomic E-state index is 0.130. The molecular weight excluding hydrogens is 316 g/mol. The summed E-state index contributed by atoms with van der Waals surface area (Å²) >= 11 is 7.57. The first-order chi connectivity index (χ1) is 10.7. The number of halogens is 1. The lowest BCUT2D eigenvalue weighted by Crippen LogP contribution is -2.33. The van der Waals surface area contributed by atoms with Crippen LogP contribution in [0, 0.1) is 0 Å². The Hall–Kier alpha value is -0.710. The molecule has 5 heteroatoms. The molecule has 1 aliphatic rings. The second-order valence-corrected chi connectivity index (χ2v) is 7.15. The first-order valence-corrected chi connectivity index (χ1v) is 9.58. The molecule has 22 heavy (non-hydrogen) atoms. The molecule has 1 N–H and O–H groups in total. The van der Waals surface area contributed by atoms with Gasteiger partial charge in [-0.15, -0.1) is 11.8 Å². The van der Waals surface area contributed by atoms with E-state index in [-0.39, 0.29) is 5.91 Å². The Morgan fingerprint density at radius 2 is 2.09 bits per heavy atom. The first-order valence-electron chi connectivity index (χ1n) is 8.05. The van der Waals surface area contributed by atoms with Crippen LogP contribution >= 0.6 is 23.4 Å². The van der Waals surface area contributed by atoms with E-state index in [1.807, 2.05) is 24.3 Å². The van der Waals surface area contributed by atoms with Gasteiger partial charge in [0.25, 0.3) is 0 Å². The van der Waals surface area contributed by atoms with Crippen molar-refractivity contribution in [2.45, 2.75) is 31.4 Å². The van der Waals surface area contributed by atoms with Gasteiger partial charge in [0.1, 0.15) is 0 Å². The maximum atomic E-state index is 11.8. The van der Waals surface area contributed by atoms with E-state index in [1.165, 1.54) is 32.4 Å². The number of likely N-dealkylation sites (tertiary alicyclic amines) is 1. The Morgan fingerprint density at radius 3 is 2.86 bits per heavy atom. The number of piperidine rings is 1. The van der Waals surface area contributed by atoms with Crippen molar-refractivity contribution in [3.63, 3.8) is 0 Å². The number of benzene rings is 1. The molecule has 1 aromatic rings. The van der Waals surface area contributed by atoms with Crippen LogP contribution in [-0.4, -0.2) is 42.7 Å². The third kappa shape index (κ3) is 7.03. The van der Waals surface area contributed by atoms with Crippen LogP contribution in [0.5, 0.6) is 0 Å². The zero-order valence-electron chi connectivity index (χ0n) is 13.0. The van der Waals surface area contributed by atoms with E-state index in [1.54, 1.807) is 11.8 Å². The van der Waals surface area contributed by atoms with Gasteiger partial charge in [-0.2, -0.15) is 0 Å². The predicted molar refractivity (Wildman–Crippen MR) is 95.5 cm³/mol. The van der Waals surface area contributed by atoms with Gasteiger partial charge in [0.05, 0.1) is 5.75 Å². The van der Waals surface area contributed by atoms with Crippen molar-refractivity contribution < 1.29 is 4.79 Å². The SMILES string of the molecule is O=C(CSCc1cccc(Cl)c1)NCCCN1CCCCC1. The molecule has 0 aromatic heterocycles. The third-order valence-electron chi connectivity index (χ3n) is 3.81. The van der Waals surface area contributed by atoms with Crippen molar-refractivity contribution in [2.75, 3.05) is 31.9 Å². The molecule has 1 fully saturated rings. The molecule has 0 bridgehead atoms. The number of nitrogens with one attached hydrogen (secondary N) is 1. The minimum Gasteiger partial charge on any atom is -0.355 e. The number of rotatable bonds is 8. The van der Waals surface area contributed by atoms with Crippen molar-refractivity contribution in [2.24, 2.45) is 0 Å². The molecule has 1 saturated heterocycles. The van der Waals surface area contributed by atoms with Crippen LogP contribution in [0.15, 0.2) is 24.3 Å². The van der Waals surface area contributed by atoms with Gasteiger partial charge in [0.2, 0.25) is 5.91 Å². The second-order valence-electron chi connectivity index (χ2n) is 5.73. The van der Waals surface area contributed by atoms with Crippen LogP contribution in [0.4, 0.5) is 0 Å². The summed E-state index contributed by atoms with van der Waals surface area (Å²) in [5.41, 5.74) is 1.16. The largest absolute Gasteiger partial charge is 0.355 e. The zero-order chi connectivity index (χ0) is 15.6. The average molecular weight is 341 g/mol. The molecule has 1 amide bonds. The van der Waals surface area contributed by atoms with E-state index in [9.17, 15) is 4.79 Å². The van der Waals surface area contributed by atoms with Gasteiger partial charge >= 0.3 is 0 Å². The lowest BCUT2D eigenvalue weighted by Gasteiger charge is -2.26. The topological polar surface area (TPSA) is 32.3 Å². The van der Waals surface area contributed by atoms with Crippen LogP contribution in [0.2, 0.25) is 5.02 Å². The Morgan fingerprint density at radius 1 is 1.27 bits per heavy atom. The molecule has 0 atom stereocenters. The maximum absolute atomic E-state index is 11.8. The van der Waals surface area contributed by atoms with Crippen molar-refractivity contribution in [3.05, 3.63) is 34.9 Å². The van der Waals surface area contributed by atoms with Crippen molar-refractivity contribution >= 4 is 29.3 Å². The normalized spacial score (nSPS) is 15.7. The molecule has 3 nitrogen and oxygen atoms in total. The monoisotopic (exact) mass is 340 g/mol. The van der Waals surface area contributed by atoms with E-state index in [2.05, 4.69) is 10.2 Å². The molecule has 0 aliphatic carbocycles. The van der Waals surface area contributed by atoms with E-state index in [0.29, 0.717) is 5.75 Å². The number of amides is 1. The lowest BCUT2D eigenvalue weighted by atomic mass is 10.1. The fourth-order valence-electron chi connectivity index (χ4n) is 2.65. The van der Waals surface area contributed by atoms with Gasteiger partial charge in [0, 0.05) is 17.3 Å². The lowest BCUT2D eigenvalue weighted by molar-refractivity contribution is -0.118. The number of nitrogens with zero attached hydrogens (tertiary/aromatic N) is 1. The number of carbonyl (C=O) groups is 1. The molecule has 122 valence electrons. The van der Waals surface area contributed by atoms with Crippen LogP contribution in [0.25, 0.3) is 0 Å². The van der Waals surface area contributed by atoms with Crippen LogP contribution in [0.3, 0.4) is 0 Å². The van der Waals surface area contributed by atoms with E-state index >= 15 is 0 Å². The molecule has 1 aromatic carbocycles. The van der Waals surface area contributed by atoms with Crippen LogP contribution in [-0.2, 0) is 10.5 Å². The predicted octanol–water partition coefficient (Wildman–Crippen LogP) is 3.57. The highest BCUT2D eigenvalue weighted by Crippen LogP contribution is 2.16. The molecule has 0 saturated carbocycles. The Balaban J connectivity index is 1.50. The van der Waals surface area contributed by atoms with Gasteiger partial charge in [0.15, 0.2) is 0 Å². The minimum absolute atomic E-state index is 0.130. The summed E-state index contributed by atoms with van der Waals surface area (Å²) in [7, 11) is 0. The molecule has 1 aliphatic heterocycles. The Labute approximate surface area is 142 Å². The molecule has 0 radical (unpaired) electrons. The average Bonchev–Trinajstić information content (AvgIpc) is 2.53. The second kappa shape index (κ2) is 10.1.